The molecule has 0 rings (SSSR count). The Morgan fingerprint density at radius 3 is 2.40 bits per heavy atom. The Bertz CT molecular complexity index is 346. The fourth-order valence-electron chi connectivity index (χ4n) is 1.56. The van der Waals surface area contributed by atoms with Crippen molar-refractivity contribution in [2.24, 2.45) is 5.92 Å². The van der Waals surface area contributed by atoms with E-state index in [0.29, 0.717) is 12.5 Å². The summed E-state index contributed by atoms with van der Waals surface area (Å²) in [5, 5.41) is 11.4. The molecule has 116 valence electrons. The van der Waals surface area contributed by atoms with Crippen LogP contribution in [0.2, 0.25) is 0 Å². The normalized spacial score (nSPS) is 13.2. The number of carboxylic acid groups (broad SMARTS) is 1. The molecule has 0 heterocycles. The molecular weight excluding hydrogens is 264 g/mol. The van der Waals surface area contributed by atoms with Crippen molar-refractivity contribution in [1.29, 1.82) is 0 Å². The minimum atomic E-state index is -1.17. The third kappa shape index (κ3) is 6.96. The molecule has 20 heavy (non-hydrogen) atoms. The summed E-state index contributed by atoms with van der Waals surface area (Å²) in [4.78, 5) is 35.4. The molecule has 0 aromatic carbocycles. The lowest BCUT2D eigenvalue weighted by molar-refractivity contribution is -0.142. The summed E-state index contributed by atoms with van der Waals surface area (Å²) in [6, 6.07) is -1.55. The van der Waals surface area contributed by atoms with Gasteiger partial charge in [0, 0.05) is 20.0 Å². The summed E-state index contributed by atoms with van der Waals surface area (Å²) in [6.07, 6.45) is 0.885. The summed E-state index contributed by atoms with van der Waals surface area (Å²) < 4.78 is 4.44. The highest BCUT2D eigenvalue weighted by atomic mass is 16.5. The number of hydrogen-bond donors (Lipinski definition) is 2. The lowest BCUT2D eigenvalue weighted by Crippen LogP contribution is -2.47. The van der Waals surface area contributed by atoms with Crippen LogP contribution in [0.25, 0.3) is 0 Å². The molecule has 0 spiro atoms. The van der Waals surface area contributed by atoms with E-state index >= 15 is 0 Å². The van der Waals surface area contributed by atoms with Gasteiger partial charge in [-0.1, -0.05) is 20.3 Å². The Labute approximate surface area is 119 Å². The Hall–Kier alpha value is -1.79. The van der Waals surface area contributed by atoms with E-state index in [1.54, 1.807) is 7.05 Å². The van der Waals surface area contributed by atoms with E-state index in [4.69, 9.17) is 5.11 Å². The first-order valence-corrected chi connectivity index (χ1v) is 6.63. The molecule has 7 heteroatoms. The van der Waals surface area contributed by atoms with E-state index in [-0.39, 0.29) is 12.8 Å². The van der Waals surface area contributed by atoms with Crippen molar-refractivity contribution in [2.45, 2.75) is 39.2 Å². The van der Waals surface area contributed by atoms with Crippen molar-refractivity contribution in [3.05, 3.63) is 0 Å². The van der Waals surface area contributed by atoms with Gasteiger partial charge in [-0.25, -0.2) is 9.59 Å². The summed E-state index contributed by atoms with van der Waals surface area (Å²) in [5.41, 5.74) is 0. The average Bonchev–Trinajstić information content (AvgIpc) is 2.41. The fraction of sp³-hybridized carbons (Fsp3) is 0.769. The van der Waals surface area contributed by atoms with Crippen LogP contribution in [0.5, 0.6) is 0 Å². The summed E-state index contributed by atoms with van der Waals surface area (Å²) in [5.74, 6) is -1.33. The van der Waals surface area contributed by atoms with Gasteiger partial charge in [-0.3, -0.25) is 4.79 Å². The van der Waals surface area contributed by atoms with Gasteiger partial charge < -0.3 is 20.1 Å². The van der Waals surface area contributed by atoms with Crippen LogP contribution >= 0.6 is 0 Å². The van der Waals surface area contributed by atoms with Gasteiger partial charge >= 0.3 is 18.0 Å². The molecule has 2 amide bonds. The number of esters is 1. The Morgan fingerprint density at radius 1 is 1.35 bits per heavy atom. The second kappa shape index (κ2) is 9.17. The standard InChI is InChI=1S/C13H24N2O5/c1-5-9(2)8-15(3)13(19)14-10(12(17)18)6-7-11(16)20-4/h9-10H,5-8H2,1-4H3,(H,14,19)(H,17,18)/t9?,10-/m0/s1. The number of aliphatic carboxylic acids is 1. The maximum Gasteiger partial charge on any atom is 0.326 e. The zero-order valence-electron chi connectivity index (χ0n) is 12.5. The Balaban J connectivity index is 4.40. The molecule has 7 nitrogen and oxygen atoms in total. The third-order valence-corrected chi connectivity index (χ3v) is 3.09. The average molecular weight is 288 g/mol. The lowest BCUT2D eigenvalue weighted by atomic mass is 10.1. The van der Waals surface area contributed by atoms with Gasteiger partial charge in [-0.15, -0.1) is 0 Å². The van der Waals surface area contributed by atoms with E-state index in [2.05, 4.69) is 10.1 Å². The van der Waals surface area contributed by atoms with Crippen LogP contribution in [0, 0.1) is 5.92 Å². The van der Waals surface area contributed by atoms with Gasteiger partial charge in [-0.05, 0) is 12.3 Å². The zero-order valence-corrected chi connectivity index (χ0v) is 12.5. The number of ether oxygens (including phenoxy) is 1. The summed E-state index contributed by atoms with van der Waals surface area (Å²) in [6.45, 7) is 4.58. The fourth-order valence-corrected chi connectivity index (χ4v) is 1.56. The number of amides is 2. The highest BCUT2D eigenvalue weighted by Crippen LogP contribution is 2.04. The van der Waals surface area contributed by atoms with Crippen LogP contribution in [-0.4, -0.2) is 54.7 Å². The van der Waals surface area contributed by atoms with E-state index in [1.807, 2.05) is 13.8 Å². The largest absolute Gasteiger partial charge is 0.480 e. The van der Waals surface area contributed by atoms with Gasteiger partial charge in [-0.2, -0.15) is 0 Å². The number of carbonyl (C=O) groups is 3. The molecule has 0 bridgehead atoms. The SMILES string of the molecule is CCC(C)CN(C)C(=O)N[C@@H](CCC(=O)OC)C(=O)O. The number of hydrogen-bond acceptors (Lipinski definition) is 4. The van der Waals surface area contributed by atoms with Crippen LogP contribution in [0.4, 0.5) is 4.79 Å². The number of carboxylic acids is 1. The second-order valence-electron chi connectivity index (χ2n) is 4.85. The van der Waals surface area contributed by atoms with Crippen LogP contribution in [-0.2, 0) is 14.3 Å². The monoisotopic (exact) mass is 288 g/mol. The van der Waals surface area contributed by atoms with Crippen molar-refractivity contribution >= 4 is 18.0 Å². The predicted octanol–water partition coefficient (Wildman–Crippen LogP) is 1.08. The molecule has 0 saturated carbocycles. The maximum atomic E-state index is 11.9. The van der Waals surface area contributed by atoms with Crippen LogP contribution in [0.15, 0.2) is 0 Å². The van der Waals surface area contributed by atoms with Crippen LogP contribution in [0.3, 0.4) is 0 Å². The molecular formula is C13H24N2O5. The number of nitrogens with one attached hydrogen (secondary N) is 1. The number of methoxy groups -OCH3 is 1. The summed E-state index contributed by atoms with van der Waals surface area (Å²) >= 11 is 0. The molecule has 0 fully saturated rings. The van der Waals surface area contributed by atoms with Gasteiger partial charge in [0.25, 0.3) is 0 Å². The van der Waals surface area contributed by atoms with Gasteiger partial charge in [0.05, 0.1) is 7.11 Å². The highest BCUT2D eigenvalue weighted by Gasteiger charge is 2.23. The maximum absolute atomic E-state index is 11.9. The highest BCUT2D eigenvalue weighted by molar-refractivity contribution is 5.83. The molecule has 0 aromatic heterocycles. The Kier molecular flexibility index (Phi) is 8.35. The third-order valence-electron chi connectivity index (χ3n) is 3.09. The molecule has 0 radical (unpaired) electrons. The molecule has 0 aliphatic carbocycles. The number of nitrogens with zero attached hydrogens (tertiary/aromatic N) is 1. The van der Waals surface area contributed by atoms with Crippen molar-refractivity contribution in [3.8, 4) is 0 Å². The minimum absolute atomic E-state index is 0.00488. The molecule has 2 N–H and O–H groups in total. The van der Waals surface area contributed by atoms with Crippen molar-refractivity contribution in [2.75, 3.05) is 20.7 Å². The van der Waals surface area contributed by atoms with E-state index in [9.17, 15) is 14.4 Å². The molecule has 0 aliphatic heterocycles. The molecule has 1 unspecified atom stereocenters. The van der Waals surface area contributed by atoms with Crippen molar-refractivity contribution in [3.63, 3.8) is 0 Å². The van der Waals surface area contributed by atoms with Crippen LogP contribution in [0.1, 0.15) is 33.1 Å². The van der Waals surface area contributed by atoms with Crippen molar-refractivity contribution in [1.82, 2.24) is 10.2 Å². The Morgan fingerprint density at radius 2 is 1.95 bits per heavy atom. The molecule has 0 aromatic rings. The first-order chi connectivity index (χ1) is 9.31. The lowest BCUT2D eigenvalue weighted by Gasteiger charge is -2.23. The summed E-state index contributed by atoms with van der Waals surface area (Å²) in [7, 11) is 2.84. The van der Waals surface area contributed by atoms with Gasteiger partial charge in [0.1, 0.15) is 6.04 Å². The quantitative estimate of drug-likeness (QED) is 0.652. The van der Waals surface area contributed by atoms with E-state index in [0.717, 1.165) is 6.42 Å². The number of rotatable bonds is 8. The van der Waals surface area contributed by atoms with Gasteiger partial charge in [0.15, 0.2) is 0 Å². The van der Waals surface area contributed by atoms with E-state index in [1.165, 1.54) is 12.0 Å². The molecule has 0 aliphatic rings. The number of urea groups is 1. The van der Waals surface area contributed by atoms with Crippen molar-refractivity contribution < 1.29 is 24.2 Å². The van der Waals surface area contributed by atoms with Gasteiger partial charge in [0.2, 0.25) is 0 Å². The molecule has 0 saturated heterocycles. The molecule has 2 atom stereocenters. The first-order valence-electron chi connectivity index (χ1n) is 6.63. The minimum Gasteiger partial charge on any atom is -0.480 e. The number of carbonyl (C=O) groups excluding carboxylic acids is 2. The zero-order chi connectivity index (χ0) is 15.7. The predicted molar refractivity (Wildman–Crippen MR) is 73.3 cm³/mol. The topological polar surface area (TPSA) is 95.9 Å². The first kappa shape index (κ1) is 18.2. The van der Waals surface area contributed by atoms with E-state index < -0.39 is 24.0 Å². The van der Waals surface area contributed by atoms with Crippen LogP contribution < -0.4 is 5.32 Å². The smallest absolute Gasteiger partial charge is 0.326 e. The second-order valence-corrected chi connectivity index (χ2v) is 4.85.